The quantitative estimate of drug-likeness (QED) is 0.402. The maximum atomic E-state index is 14.3. The maximum Gasteiger partial charge on any atom is 0.170 e. The smallest absolute Gasteiger partial charge is 0.170 e. The van der Waals surface area contributed by atoms with E-state index in [-0.39, 0.29) is 18.2 Å². The van der Waals surface area contributed by atoms with Crippen LogP contribution in [-0.4, -0.2) is 14.5 Å². The Balaban J connectivity index is 1.71. The van der Waals surface area contributed by atoms with Gasteiger partial charge in [-0.25, -0.2) is 18.7 Å². The zero-order chi connectivity index (χ0) is 18.8. The van der Waals surface area contributed by atoms with Crippen molar-refractivity contribution < 1.29 is 8.78 Å². The summed E-state index contributed by atoms with van der Waals surface area (Å²) in [5.41, 5.74) is 2.59. The van der Waals surface area contributed by atoms with E-state index in [0.29, 0.717) is 32.7 Å². The number of halogens is 3. The van der Waals surface area contributed by atoms with Gasteiger partial charge < -0.3 is 0 Å². The van der Waals surface area contributed by atoms with Crippen molar-refractivity contribution in [2.24, 2.45) is 0 Å². The van der Waals surface area contributed by atoms with Crippen LogP contribution in [0.2, 0.25) is 5.02 Å². The van der Waals surface area contributed by atoms with E-state index in [4.69, 9.17) is 11.6 Å². The molecule has 3 nitrogen and oxygen atoms in total. The number of rotatable bonds is 5. The van der Waals surface area contributed by atoms with Crippen molar-refractivity contribution in [1.29, 1.82) is 0 Å². The van der Waals surface area contributed by atoms with Gasteiger partial charge >= 0.3 is 0 Å². The predicted octanol–water partition coefficient (Wildman–Crippen LogP) is 5.70. The third kappa shape index (κ3) is 3.82. The van der Waals surface area contributed by atoms with Crippen molar-refractivity contribution in [3.05, 3.63) is 88.6 Å². The lowest BCUT2D eigenvalue weighted by Crippen LogP contribution is -2.05. The summed E-state index contributed by atoms with van der Waals surface area (Å²) in [6.07, 6.45) is 1.67. The summed E-state index contributed by atoms with van der Waals surface area (Å²) in [6.45, 7) is 0.213. The van der Waals surface area contributed by atoms with Gasteiger partial charge in [-0.15, -0.1) is 0 Å². The summed E-state index contributed by atoms with van der Waals surface area (Å²) in [7, 11) is 0. The molecule has 4 rings (SSSR count). The Kier molecular flexibility index (Phi) is 5.09. The highest BCUT2D eigenvalue weighted by Crippen LogP contribution is 2.29. The molecule has 2 aromatic heterocycles. The molecule has 7 heteroatoms. The summed E-state index contributed by atoms with van der Waals surface area (Å²) < 4.78 is 29.5. The van der Waals surface area contributed by atoms with Gasteiger partial charge in [0.15, 0.2) is 10.8 Å². The second-order valence-electron chi connectivity index (χ2n) is 5.95. The zero-order valence-electron chi connectivity index (χ0n) is 14.1. The molecular formula is C20H14ClF2N3S. The fraction of sp³-hybridized carbons (Fsp3) is 0.100. The van der Waals surface area contributed by atoms with E-state index in [1.165, 1.54) is 30.0 Å². The van der Waals surface area contributed by atoms with Gasteiger partial charge in [0.1, 0.15) is 17.2 Å². The minimum atomic E-state index is -0.374. The molecule has 136 valence electrons. The molecule has 0 fully saturated rings. The molecule has 2 aromatic carbocycles. The van der Waals surface area contributed by atoms with Gasteiger partial charge in [0.05, 0.1) is 6.54 Å². The summed E-state index contributed by atoms with van der Waals surface area (Å²) in [6, 6.07) is 14.7. The van der Waals surface area contributed by atoms with Crippen LogP contribution in [0.4, 0.5) is 8.78 Å². The van der Waals surface area contributed by atoms with Crippen LogP contribution in [0.15, 0.2) is 66.0 Å². The minimum absolute atomic E-state index is 0.213. The first-order valence-corrected chi connectivity index (χ1v) is 9.59. The van der Waals surface area contributed by atoms with Gasteiger partial charge in [0.25, 0.3) is 0 Å². The summed E-state index contributed by atoms with van der Waals surface area (Å²) in [4.78, 5) is 9.00. The number of imidazole rings is 1. The average Bonchev–Trinajstić information content (AvgIpc) is 3.01. The van der Waals surface area contributed by atoms with Gasteiger partial charge in [-0.1, -0.05) is 41.6 Å². The first kappa shape index (κ1) is 17.9. The molecule has 0 unspecified atom stereocenters. The molecular weight excluding hydrogens is 388 g/mol. The normalized spacial score (nSPS) is 11.2. The van der Waals surface area contributed by atoms with Crippen LogP contribution < -0.4 is 0 Å². The van der Waals surface area contributed by atoms with Crippen LogP contribution in [0.5, 0.6) is 0 Å². The van der Waals surface area contributed by atoms with Crippen LogP contribution >= 0.6 is 23.4 Å². The number of aromatic nitrogens is 3. The van der Waals surface area contributed by atoms with Crippen molar-refractivity contribution in [1.82, 2.24) is 14.5 Å². The van der Waals surface area contributed by atoms with Crippen LogP contribution in [0, 0.1) is 11.6 Å². The first-order valence-electron chi connectivity index (χ1n) is 8.23. The third-order valence-corrected chi connectivity index (χ3v) is 5.51. The second-order valence-corrected chi connectivity index (χ2v) is 7.30. The largest absolute Gasteiger partial charge is 0.299 e. The number of benzene rings is 2. The number of thioether (sulfide) groups is 1. The van der Waals surface area contributed by atoms with E-state index >= 15 is 0 Å². The molecule has 0 saturated carbocycles. The van der Waals surface area contributed by atoms with Crippen molar-refractivity contribution in [3.63, 3.8) is 0 Å². The lowest BCUT2D eigenvalue weighted by atomic mass is 10.2. The molecule has 0 N–H and O–H groups in total. The van der Waals surface area contributed by atoms with Gasteiger partial charge in [-0.2, -0.15) is 0 Å². The fourth-order valence-electron chi connectivity index (χ4n) is 2.81. The number of pyridine rings is 1. The Morgan fingerprint density at radius 1 is 1.04 bits per heavy atom. The molecule has 0 aliphatic carbocycles. The molecule has 0 radical (unpaired) electrons. The predicted molar refractivity (Wildman–Crippen MR) is 104 cm³/mol. The Labute approximate surface area is 164 Å². The first-order chi connectivity index (χ1) is 13.1. The summed E-state index contributed by atoms with van der Waals surface area (Å²) in [5, 5.41) is 1.03. The third-order valence-electron chi connectivity index (χ3n) is 4.10. The Bertz CT molecular complexity index is 1090. The molecule has 0 spiro atoms. The number of hydrogen-bond donors (Lipinski definition) is 0. The molecule has 27 heavy (non-hydrogen) atoms. The Morgan fingerprint density at radius 3 is 2.70 bits per heavy atom. The molecule has 0 atom stereocenters. The van der Waals surface area contributed by atoms with Crippen LogP contribution in [0.25, 0.3) is 11.2 Å². The number of nitrogens with zero attached hydrogens (tertiary/aromatic N) is 3. The molecule has 2 heterocycles. The SMILES string of the molecule is Fc1cccc(CSc2nc3cccnc3n2Cc2c(F)cccc2Cl)c1. The van der Waals surface area contributed by atoms with Crippen LogP contribution in [0.3, 0.4) is 0 Å². The summed E-state index contributed by atoms with van der Waals surface area (Å²) in [5.74, 6) is -0.116. The fourth-order valence-corrected chi connectivity index (χ4v) is 3.97. The maximum absolute atomic E-state index is 14.3. The van der Waals surface area contributed by atoms with Crippen molar-refractivity contribution in [2.45, 2.75) is 17.5 Å². The van der Waals surface area contributed by atoms with Crippen molar-refractivity contribution >= 4 is 34.5 Å². The van der Waals surface area contributed by atoms with Crippen LogP contribution in [-0.2, 0) is 12.3 Å². The lowest BCUT2D eigenvalue weighted by molar-refractivity contribution is 0.593. The van der Waals surface area contributed by atoms with Gasteiger partial charge in [-0.3, -0.25) is 4.57 Å². The van der Waals surface area contributed by atoms with Gasteiger partial charge in [0.2, 0.25) is 0 Å². The lowest BCUT2D eigenvalue weighted by Gasteiger charge is -2.11. The molecule has 0 amide bonds. The topological polar surface area (TPSA) is 30.7 Å². The molecule has 0 aliphatic heterocycles. The highest BCUT2D eigenvalue weighted by Gasteiger charge is 2.16. The van der Waals surface area contributed by atoms with Crippen molar-refractivity contribution in [2.75, 3.05) is 0 Å². The zero-order valence-corrected chi connectivity index (χ0v) is 15.6. The molecule has 0 saturated heterocycles. The van der Waals surface area contributed by atoms with Gasteiger partial charge in [0, 0.05) is 22.5 Å². The molecule has 0 bridgehead atoms. The average molecular weight is 402 g/mol. The standard InChI is InChI=1S/C20H14ClF2N3S/c21-16-6-2-7-17(23)15(16)11-26-19-18(8-3-9-24-19)25-20(26)27-12-13-4-1-5-14(22)10-13/h1-10H,11-12H2. The number of fused-ring (bicyclic) bond motifs is 1. The highest BCUT2D eigenvalue weighted by atomic mass is 35.5. The van der Waals surface area contributed by atoms with Crippen molar-refractivity contribution in [3.8, 4) is 0 Å². The van der Waals surface area contributed by atoms with E-state index in [1.54, 1.807) is 30.5 Å². The molecule has 0 aliphatic rings. The van der Waals surface area contributed by atoms with E-state index in [1.807, 2.05) is 16.7 Å². The number of hydrogen-bond acceptors (Lipinski definition) is 3. The second kappa shape index (κ2) is 7.66. The van der Waals surface area contributed by atoms with E-state index in [9.17, 15) is 8.78 Å². The molecule has 4 aromatic rings. The van der Waals surface area contributed by atoms with E-state index in [0.717, 1.165) is 5.56 Å². The van der Waals surface area contributed by atoms with Gasteiger partial charge in [-0.05, 0) is 42.0 Å². The van der Waals surface area contributed by atoms with E-state index < -0.39 is 0 Å². The highest BCUT2D eigenvalue weighted by molar-refractivity contribution is 7.98. The van der Waals surface area contributed by atoms with Crippen LogP contribution in [0.1, 0.15) is 11.1 Å². The summed E-state index contributed by atoms with van der Waals surface area (Å²) >= 11 is 7.64. The minimum Gasteiger partial charge on any atom is -0.299 e. The Morgan fingerprint density at radius 2 is 1.89 bits per heavy atom. The van der Waals surface area contributed by atoms with E-state index in [2.05, 4.69) is 9.97 Å². The Hall–Kier alpha value is -2.44. The monoisotopic (exact) mass is 401 g/mol.